The highest BCUT2D eigenvalue weighted by Crippen LogP contribution is 2.15. The van der Waals surface area contributed by atoms with Gasteiger partial charge in [-0.25, -0.2) is 4.98 Å². The molecule has 0 bridgehead atoms. The van der Waals surface area contributed by atoms with Crippen molar-refractivity contribution in [3.63, 3.8) is 0 Å². The number of benzene rings is 1. The summed E-state index contributed by atoms with van der Waals surface area (Å²) in [5.74, 6) is 0.891. The van der Waals surface area contributed by atoms with Crippen molar-refractivity contribution in [3.8, 4) is 0 Å². The number of aryl methyl sites for hydroxylation is 1. The minimum Gasteiger partial charge on any atom is -0.358 e. The fourth-order valence-corrected chi connectivity index (χ4v) is 2.25. The van der Waals surface area contributed by atoms with E-state index in [9.17, 15) is 0 Å². The average molecular weight is 247 g/mol. The summed E-state index contributed by atoms with van der Waals surface area (Å²) in [6.07, 6.45) is 0.802. The van der Waals surface area contributed by atoms with Gasteiger partial charge < -0.3 is 5.32 Å². The topological polar surface area (TPSA) is 37.8 Å². The second kappa shape index (κ2) is 5.27. The molecule has 0 amide bonds. The average Bonchev–Trinajstić information content (AvgIpc) is 2.68. The maximum Gasteiger partial charge on any atom is 0.202 e. The van der Waals surface area contributed by atoms with Crippen LogP contribution in [-0.2, 0) is 6.42 Å². The lowest BCUT2D eigenvalue weighted by Crippen LogP contribution is -2.09. The van der Waals surface area contributed by atoms with Gasteiger partial charge in [0.15, 0.2) is 0 Å². The molecule has 0 aliphatic carbocycles. The van der Waals surface area contributed by atoms with E-state index in [1.165, 1.54) is 22.7 Å². The van der Waals surface area contributed by atoms with Gasteiger partial charge in [-0.2, -0.15) is 4.37 Å². The molecule has 0 atom stereocenters. The van der Waals surface area contributed by atoms with Crippen LogP contribution in [0, 0.1) is 6.92 Å². The van der Waals surface area contributed by atoms with Crippen LogP contribution in [0.1, 0.15) is 30.8 Å². The van der Waals surface area contributed by atoms with Crippen molar-refractivity contribution in [1.82, 2.24) is 9.36 Å². The molecule has 2 aromatic rings. The minimum absolute atomic E-state index is 0.398. The van der Waals surface area contributed by atoms with E-state index in [2.05, 4.69) is 59.7 Å². The fraction of sp³-hybridized carbons (Fsp3) is 0.385. The van der Waals surface area contributed by atoms with Gasteiger partial charge in [0.05, 0.1) is 0 Å². The zero-order valence-corrected chi connectivity index (χ0v) is 11.2. The molecule has 0 unspecified atom stereocenters. The summed E-state index contributed by atoms with van der Waals surface area (Å²) in [5, 5.41) is 4.17. The van der Waals surface area contributed by atoms with Gasteiger partial charge in [0.2, 0.25) is 5.13 Å². The normalized spacial score (nSPS) is 10.8. The van der Waals surface area contributed by atoms with Crippen molar-refractivity contribution >= 4 is 16.7 Å². The van der Waals surface area contributed by atoms with E-state index in [4.69, 9.17) is 0 Å². The second-order valence-corrected chi connectivity index (χ2v) is 5.23. The van der Waals surface area contributed by atoms with Gasteiger partial charge in [-0.15, -0.1) is 0 Å². The van der Waals surface area contributed by atoms with Gasteiger partial charge in [-0.05, 0) is 26.3 Å². The van der Waals surface area contributed by atoms with Crippen molar-refractivity contribution in [2.75, 3.05) is 5.32 Å². The third-order valence-electron chi connectivity index (χ3n) is 2.36. The molecule has 0 aliphatic rings. The maximum atomic E-state index is 4.46. The predicted molar refractivity (Wildman–Crippen MR) is 72.7 cm³/mol. The number of nitrogens with one attached hydrogen (secondary N) is 1. The van der Waals surface area contributed by atoms with E-state index in [0.717, 1.165) is 17.4 Å². The molecule has 17 heavy (non-hydrogen) atoms. The first-order chi connectivity index (χ1) is 8.13. The Hall–Kier alpha value is -1.42. The summed E-state index contributed by atoms with van der Waals surface area (Å²) >= 11 is 1.43. The molecule has 1 aromatic carbocycles. The van der Waals surface area contributed by atoms with E-state index < -0.39 is 0 Å². The number of nitrogens with zero attached hydrogens (tertiary/aromatic N) is 2. The summed E-state index contributed by atoms with van der Waals surface area (Å²) in [4.78, 5) is 4.46. The molecule has 0 saturated carbocycles. The standard InChI is InChI=1S/C13H17N3S/c1-9(2)14-13-15-12(16-17-13)8-11-6-4-10(3)5-7-11/h4-7,9H,8H2,1-3H3,(H,14,15,16). The van der Waals surface area contributed by atoms with Gasteiger partial charge >= 0.3 is 0 Å². The molecule has 90 valence electrons. The molecular weight excluding hydrogens is 230 g/mol. The van der Waals surface area contributed by atoms with E-state index >= 15 is 0 Å². The molecule has 0 radical (unpaired) electrons. The predicted octanol–water partition coefficient (Wildman–Crippen LogP) is 3.26. The van der Waals surface area contributed by atoms with Crippen LogP contribution >= 0.6 is 11.5 Å². The smallest absolute Gasteiger partial charge is 0.202 e. The summed E-state index contributed by atoms with van der Waals surface area (Å²) in [6, 6.07) is 8.90. The molecule has 0 aliphatic heterocycles. The summed E-state index contributed by atoms with van der Waals surface area (Å²) in [5.41, 5.74) is 2.53. The SMILES string of the molecule is Cc1ccc(Cc2nsc(NC(C)C)n2)cc1. The Labute approximate surface area is 106 Å². The lowest BCUT2D eigenvalue weighted by molar-refractivity contribution is 0.892. The van der Waals surface area contributed by atoms with Gasteiger partial charge in [0.1, 0.15) is 5.82 Å². The zero-order chi connectivity index (χ0) is 12.3. The molecule has 0 spiro atoms. The number of rotatable bonds is 4. The molecule has 0 fully saturated rings. The van der Waals surface area contributed by atoms with Crippen LogP contribution in [0.5, 0.6) is 0 Å². The molecule has 4 heteroatoms. The summed E-state index contributed by atoms with van der Waals surface area (Å²) in [7, 11) is 0. The van der Waals surface area contributed by atoms with Crippen LogP contribution in [0.15, 0.2) is 24.3 Å². The number of hydrogen-bond donors (Lipinski definition) is 1. The van der Waals surface area contributed by atoms with Gasteiger partial charge in [0.25, 0.3) is 0 Å². The van der Waals surface area contributed by atoms with Gasteiger partial charge in [-0.3, -0.25) is 0 Å². The van der Waals surface area contributed by atoms with Gasteiger partial charge in [-0.1, -0.05) is 29.8 Å². The van der Waals surface area contributed by atoms with E-state index in [1.54, 1.807) is 0 Å². The monoisotopic (exact) mass is 247 g/mol. The van der Waals surface area contributed by atoms with Crippen LogP contribution in [0.25, 0.3) is 0 Å². The Morgan fingerprint density at radius 3 is 2.59 bits per heavy atom. The molecule has 0 saturated heterocycles. The quantitative estimate of drug-likeness (QED) is 0.901. The van der Waals surface area contributed by atoms with Crippen LogP contribution < -0.4 is 5.32 Å². The third-order valence-corrected chi connectivity index (χ3v) is 3.05. The second-order valence-electron chi connectivity index (χ2n) is 4.48. The molecule has 3 nitrogen and oxygen atoms in total. The van der Waals surface area contributed by atoms with Crippen molar-refractivity contribution in [1.29, 1.82) is 0 Å². The largest absolute Gasteiger partial charge is 0.358 e. The zero-order valence-electron chi connectivity index (χ0n) is 10.4. The van der Waals surface area contributed by atoms with E-state index in [0.29, 0.717) is 6.04 Å². The highest BCUT2D eigenvalue weighted by Gasteiger charge is 2.05. The Kier molecular flexibility index (Phi) is 3.74. The van der Waals surface area contributed by atoms with Crippen molar-refractivity contribution in [2.24, 2.45) is 0 Å². The first-order valence-electron chi connectivity index (χ1n) is 5.78. The lowest BCUT2D eigenvalue weighted by Gasteiger charge is -2.03. The first kappa shape index (κ1) is 12.0. The number of anilines is 1. The lowest BCUT2D eigenvalue weighted by atomic mass is 10.1. The van der Waals surface area contributed by atoms with Crippen molar-refractivity contribution < 1.29 is 0 Å². The highest BCUT2D eigenvalue weighted by molar-refractivity contribution is 7.09. The highest BCUT2D eigenvalue weighted by atomic mass is 32.1. The fourth-order valence-electron chi connectivity index (χ4n) is 1.52. The molecular formula is C13H17N3S. The number of aromatic nitrogens is 2. The summed E-state index contributed by atoms with van der Waals surface area (Å²) < 4.78 is 4.36. The Morgan fingerprint density at radius 1 is 1.24 bits per heavy atom. The van der Waals surface area contributed by atoms with Crippen LogP contribution in [0.2, 0.25) is 0 Å². The Balaban J connectivity index is 2.03. The molecule has 1 N–H and O–H groups in total. The van der Waals surface area contributed by atoms with Crippen molar-refractivity contribution in [2.45, 2.75) is 33.2 Å². The minimum atomic E-state index is 0.398. The molecule has 1 heterocycles. The van der Waals surface area contributed by atoms with Gasteiger partial charge in [0, 0.05) is 24.0 Å². The van der Waals surface area contributed by atoms with Crippen LogP contribution in [0.4, 0.5) is 5.13 Å². The molecule has 2 rings (SSSR count). The van der Waals surface area contributed by atoms with E-state index in [1.807, 2.05) is 0 Å². The maximum absolute atomic E-state index is 4.46. The number of hydrogen-bond acceptors (Lipinski definition) is 4. The summed E-state index contributed by atoms with van der Waals surface area (Å²) in [6.45, 7) is 6.29. The first-order valence-corrected chi connectivity index (χ1v) is 6.55. The van der Waals surface area contributed by atoms with Crippen LogP contribution in [0.3, 0.4) is 0 Å². The Bertz CT molecular complexity index is 474. The van der Waals surface area contributed by atoms with E-state index in [-0.39, 0.29) is 0 Å². The Morgan fingerprint density at radius 2 is 1.94 bits per heavy atom. The molecule has 1 aromatic heterocycles. The third kappa shape index (κ3) is 3.53. The van der Waals surface area contributed by atoms with Crippen LogP contribution in [-0.4, -0.2) is 15.4 Å². The van der Waals surface area contributed by atoms with Crippen molar-refractivity contribution in [3.05, 3.63) is 41.2 Å².